The fraction of sp³-hybridized carbons (Fsp3) is 0.455. The van der Waals surface area contributed by atoms with Gasteiger partial charge in [-0.1, -0.05) is 17.7 Å². The average Bonchev–Trinajstić information content (AvgIpc) is 2.33. The molecule has 5 nitrogen and oxygen atoms in total. The molecule has 0 bridgehead atoms. The summed E-state index contributed by atoms with van der Waals surface area (Å²) >= 11 is 9.10. The first-order chi connectivity index (χ1) is 8.99. The Morgan fingerprint density at radius 1 is 1.32 bits per heavy atom. The Kier molecular flexibility index (Phi) is 7.27. The zero-order valence-corrected chi connectivity index (χ0v) is 13.6. The summed E-state index contributed by atoms with van der Waals surface area (Å²) in [6, 6.07) is 4.85. The maximum atomic E-state index is 12.1. The third-order valence-corrected chi connectivity index (χ3v) is 5.18. The van der Waals surface area contributed by atoms with Gasteiger partial charge in [-0.3, -0.25) is 0 Å². The molecule has 0 aliphatic rings. The third kappa shape index (κ3) is 5.37. The Hall–Kier alpha value is -0.180. The van der Waals surface area contributed by atoms with Crippen molar-refractivity contribution in [2.75, 3.05) is 33.4 Å². The fourth-order valence-electron chi connectivity index (χ4n) is 1.38. The van der Waals surface area contributed by atoms with Crippen molar-refractivity contribution in [2.24, 2.45) is 0 Å². The van der Waals surface area contributed by atoms with Gasteiger partial charge in [0.1, 0.15) is 4.90 Å². The highest BCUT2D eigenvalue weighted by Crippen LogP contribution is 2.28. The molecule has 0 amide bonds. The molecule has 108 valence electrons. The minimum absolute atomic E-state index is 0.0635. The maximum absolute atomic E-state index is 12.1. The molecule has 0 radical (unpaired) electrons. The lowest BCUT2D eigenvalue weighted by Crippen LogP contribution is -2.33. The van der Waals surface area contributed by atoms with Crippen molar-refractivity contribution in [2.45, 2.75) is 4.90 Å². The van der Waals surface area contributed by atoms with Crippen molar-refractivity contribution in [3.05, 3.63) is 27.7 Å². The van der Waals surface area contributed by atoms with Crippen molar-refractivity contribution in [1.29, 1.82) is 0 Å². The summed E-state index contributed by atoms with van der Waals surface area (Å²) in [5, 5.41) is 3.23. The van der Waals surface area contributed by atoms with Crippen molar-refractivity contribution in [3.63, 3.8) is 0 Å². The smallest absolute Gasteiger partial charge is 0.243 e. The van der Waals surface area contributed by atoms with Gasteiger partial charge in [-0.2, -0.15) is 0 Å². The highest BCUT2D eigenvalue weighted by Gasteiger charge is 2.20. The van der Waals surface area contributed by atoms with Gasteiger partial charge in [0.15, 0.2) is 0 Å². The lowest BCUT2D eigenvalue weighted by Gasteiger charge is -2.10. The van der Waals surface area contributed by atoms with Crippen LogP contribution in [0.3, 0.4) is 0 Å². The number of ether oxygens (including phenoxy) is 1. The van der Waals surface area contributed by atoms with E-state index in [4.69, 9.17) is 16.3 Å². The second-order valence-corrected chi connectivity index (χ2v) is 6.66. The SMILES string of the molecule is COCCNCCNS(=O)(=O)c1c(Cl)cccc1Br. The van der Waals surface area contributed by atoms with Crippen LogP contribution in [0.1, 0.15) is 0 Å². The van der Waals surface area contributed by atoms with E-state index in [-0.39, 0.29) is 16.5 Å². The van der Waals surface area contributed by atoms with Crippen molar-refractivity contribution in [1.82, 2.24) is 10.0 Å². The van der Waals surface area contributed by atoms with Crippen LogP contribution in [0.15, 0.2) is 27.6 Å². The number of rotatable bonds is 8. The zero-order chi connectivity index (χ0) is 14.3. The van der Waals surface area contributed by atoms with E-state index >= 15 is 0 Å². The number of nitrogens with one attached hydrogen (secondary N) is 2. The molecule has 0 spiro atoms. The van der Waals surface area contributed by atoms with Crippen LogP contribution in [0.25, 0.3) is 0 Å². The van der Waals surface area contributed by atoms with E-state index in [0.717, 1.165) is 0 Å². The molecule has 0 saturated heterocycles. The quantitative estimate of drug-likeness (QED) is 0.681. The van der Waals surface area contributed by atoms with Crippen molar-refractivity contribution in [3.8, 4) is 0 Å². The van der Waals surface area contributed by atoms with Gasteiger partial charge in [0, 0.05) is 31.2 Å². The van der Waals surface area contributed by atoms with Gasteiger partial charge in [-0.15, -0.1) is 0 Å². The normalized spacial score (nSPS) is 11.7. The first-order valence-electron chi connectivity index (χ1n) is 5.62. The Balaban J connectivity index is 2.57. The minimum atomic E-state index is -3.61. The fourth-order valence-corrected chi connectivity index (χ4v) is 4.15. The molecule has 1 rings (SSSR count). The number of benzene rings is 1. The molecule has 0 aliphatic carbocycles. The van der Waals surface area contributed by atoms with E-state index in [9.17, 15) is 8.42 Å². The zero-order valence-electron chi connectivity index (χ0n) is 10.4. The minimum Gasteiger partial charge on any atom is -0.383 e. The predicted molar refractivity (Wildman–Crippen MR) is 79.1 cm³/mol. The molecule has 0 aromatic heterocycles. The van der Waals surface area contributed by atoms with E-state index in [1.54, 1.807) is 19.2 Å². The Bertz CT molecular complexity index is 490. The van der Waals surface area contributed by atoms with Gasteiger partial charge < -0.3 is 10.1 Å². The maximum Gasteiger partial charge on any atom is 0.243 e. The van der Waals surface area contributed by atoms with Crippen molar-refractivity contribution < 1.29 is 13.2 Å². The highest BCUT2D eigenvalue weighted by molar-refractivity contribution is 9.10. The van der Waals surface area contributed by atoms with Crippen LogP contribution in [0.2, 0.25) is 5.02 Å². The van der Waals surface area contributed by atoms with Gasteiger partial charge >= 0.3 is 0 Å². The van der Waals surface area contributed by atoms with Gasteiger partial charge in [0.25, 0.3) is 0 Å². The van der Waals surface area contributed by atoms with E-state index in [0.29, 0.717) is 24.2 Å². The molecular weight excluding hydrogens is 356 g/mol. The summed E-state index contributed by atoms with van der Waals surface area (Å²) in [6.45, 7) is 2.06. The number of sulfonamides is 1. The van der Waals surface area contributed by atoms with Gasteiger partial charge in [-0.05, 0) is 28.1 Å². The lowest BCUT2D eigenvalue weighted by molar-refractivity contribution is 0.199. The molecule has 19 heavy (non-hydrogen) atoms. The summed E-state index contributed by atoms with van der Waals surface area (Å²) in [4.78, 5) is 0.0635. The largest absolute Gasteiger partial charge is 0.383 e. The standard InChI is InChI=1S/C11H16BrClN2O3S/c1-18-8-7-14-5-6-15-19(16,17)11-9(12)3-2-4-10(11)13/h2-4,14-15H,5-8H2,1H3. The highest BCUT2D eigenvalue weighted by atomic mass is 79.9. The first-order valence-corrected chi connectivity index (χ1v) is 8.28. The number of halogens is 2. The Morgan fingerprint density at radius 3 is 2.68 bits per heavy atom. The number of hydrogen-bond acceptors (Lipinski definition) is 4. The molecule has 0 atom stereocenters. The molecule has 0 saturated carbocycles. The third-order valence-electron chi connectivity index (χ3n) is 2.26. The van der Waals surface area contributed by atoms with Crippen LogP contribution >= 0.6 is 27.5 Å². The van der Waals surface area contributed by atoms with E-state index in [1.807, 2.05) is 0 Å². The molecule has 1 aromatic rings. The summed E-state index contributed by atoms with van der Waals surface area (Å²) in [5.41, 5.74) is 0. The molecule has 1 aromatic carbocycles. The van der Waals surface area contributed by atoms with Gasteiger partial charge in [0.05, 0.1) is 11.6 Å². The number of hydrogen-bond donors (Lipinski definition) is 2. The van der Waals surface area contributed by atoms with E-state index in [2.05, 4.69) is 26.0 Å². The van der Waals surface area contributed by atoms with Crippen molar-refractivity contribution >= 4 is 37.6 Å². The van der Waals surface area contributed by atoms with Crippen LogP contribution in [-0.4, -0.2) is 41.8 Å². The second kappa shape index (κ2) is 8.18. The van der Waals surface area contributed by atoms with Crippen LogP contribution in [-0.2, 0) is 14.8 Å². The lowest BCUT2D eigenvalue weighted by atomic mass is 10.4. The second-order valence-electron chi connectivity index (χ2n) is 3.69. The summed E-state index contributed by atoms with van der Waals surface area (Å²) in [6.07, 6.45) is 0. The summed E-state index contributed by atoms with van der Waals surface area (Å²) in [7, 11) is -2.00. The molecule has 0 unspecified atom stereocenters. The topological polar surface area (TPSA) is 67.4 Å². The van der Waals surface area contributed by atoms with Gasteiger partial charge in [-0.25, -0.2) is 13.1 Å². The first kappa shape index (κ1) is 16.9. The molecule has 0 heterocycles. The molecule has 0 fully saturated rings. The Labute approximate surface area is 126 Å². The average molecular weight is 372 g/mol. The summed E-state index contributed by atoms with van der Waals surface area (Å²) in [5.74, 6) is 0. The van der Waals surface area contributed by atoms with Gasteiger partial charge in [0.2, 0.25) is 10.0 Å². The van der Waals surface area contributed by atoms with Crippen LogP contribution in [0.5, 0.6) is 0 Å². The van der Waals surface area contributed by atoms with E-state index in [1.165, 1.54) is 6.07 Å². The van der Waals surface area contributed by atoms with Crippen LogP contribution in [0, 0.1) is 0 Å². The van der Waals surface area contributed by atoms with E-state index < -0.39 is 10.0 Å². The van der Waals surface area contributed by atoms with Crippen LogP contribution in [0.4, 0.5) is 0 Å². The van der Waals surface area contributed by atoms with Crippen LogP contribution < -0.4 is 10.0 Å². The molecule has 2 N–H and O–H groups in total. The molecular formula is C11H16BrClN2O3S. The predicted octanol–water partition coefficient (Wildman–Crippen LogP) is 1.62. The molecule has 8 heteroatoms. The molecule has 0 aliphatic heterocycles. The summed E-state index contributed by atoms with van der Waals surface area (Å²) < 4.78 is 32.0. The monoisotopic (exact) mass is 370 g/mol. The Morgan fingerprint density at radius 2 is 2.05 bits per heavy atom. The number of methoxy groups -OCH3 is 1.